The number of nitrogens with one attached hydrogen (secondary N) is 1. The predicted molar refractivity (Wildman–Crippen MR) is 124 cm³/mol. The quantitative estimate of drug-likeness (QED) is 0.469. The Kier molecular flexibility index (Phi) is 7.68. The standard InChI is InChI=1S/C25H33NO4S/c1-5-29-23(27)17-25(26-31(28)24(2,3)4)15-9-12-20-13-14-21(16-22(20)25)30-18-19-10-7-6-8-11-19/h6-8,10-11,13-14,16,26H,5,9,12,15,17-18H2,1-4H3/t25?,31-/m0/s1. The van der Waals surface area contributed by atoms with Crippen LogP contribution in [-0.4, -0.2) is 21.9 Å². The molecular formula is C25H33NO4S. The van der Waals surface area contributed by atoms with E-state index < -0.39 is 21.6 Å². The summed E-state index contributed by atoms with van der Waals surface area (Å²) in [6, 6.07) is 16.0. The number of hydrogen-bond donors (Lipinski definition) is 1. The lowest BCUT2D eigenvalue weighted by atomic mass is 9.75. The van der Waals surface area contributed by atoms with Crippen molar-refractivity contribution in [1.29, 1.82) is 0 Å². The van der Waals surface area contributed by atoms with E-state index in [2.05, 4.69) is 10.8 Å². The molecule has 0 spiro atoms. The zero-order valence-electron chi connectivity index (χ0n) is 18.9. The Bertz CT molecular complexity index is 881. The summed E-state index contributed by atoms with van der Waals surface area (Å²) in [5.41, 5.74) is 2.48. The molecule has 0 bridgehead atoms. The molecule has 1 aliphatic rings. The Balaban J connectivity index is 1.93. The number of rotatable bonds is 8. The number of hydrogen-bond acceptors (Lipinski definition) is 5. The van der Waals surface area contributed by atoms with E-state index in [1.165, 1.54) is 0 Å². The Morgan fingerprint density at radius 3 is 2.61 bits per heavy atom. The molecular weight excluding hydrogens is 410 g/mol. The molecule has 0 aliphatic heterocycles. The average molecular weight is 444 g/mol. The lowest BCUT2D eigenvalue weighted by Crippen LogP contribution is -2.53. The minimum Gasteiger partial charge on any atom is -0.598 e. The third-order valence-corrected chi connectivity index (χ3v) is 7.18. The lowest BCUT2D eigenvalue weighted by molar-refractivity contribution is -0.145. The van der Waals surface area contributed by atoms with Crippen LogP contribution in [0.4, 0.5) is 0 Å². The number of ether oxygens (including phenoxy) is 2. The summed E-state index contributed by atoms with van der Waals surface area (Å²) in [7, 11) is 0. The van der Waals surface area contributed by atoms with Gasteiger partial charge >= 0.3 is 5.97 Å². The monoisotopic (exact) mass is 443 g/mol. The number of benzene rings is 2. The van der Waals surface area contributed by atoms with Crippen molar-refractivity contribution >= 4 is 17.3 Å². The van der Waals surface area contributed by atoms with Crippen LogP contribution in [-0.2, 0) is 39.5 Å². The summed E-state index contributed by atoms with van der Waals surface area (Å²) in [5.74, 6) is 0.449. The van der Waals surface area contributed by atoms with Gasteiger partial charge in [-0.3, -0.25) is 4.79 Å². The van der Waals surface area contributed by atoms with E-state index in [-0.39, 0.29) is 12.4 Å². The van der Waals surface area contributed by atoms with Gasteiger partial charge in [0.15, 0.2) is 0 Å². The van der Waals surface area contributed by atoms with Gasteiger partial charge in [-0.25, -0.2) is 0 Å². The highest BCUT2D eigenvalue weighted by Gasteiger charge is 2.45. The molecule has 168 valence electrons. The minimum absolute atomic E-state index is 0.137. The number of aryl methyl sites for hydroxylation is 1. The molecule has 0 radical (unpaired) electrons. The topological polar surface area (TPSA) is 70.6 Å². The zero-order valence-corrected chi connectivity index (χ0v) is 19.7. The number of carbonyl (C=O) groups excluding carboxylic acids is 1. The van der Waals surface area contributed by atoms with Gasteiger partial charge in [-0.05, 0) is 75.8 Å². The van der Waals surface area contributed by atoms with Crippen LogP contribution in [0.5, 0.6) is 5.75 Å². The molecule has 0 aromatic heterocycles. The zero-order chi connectivity index (χ0) is 22.5. The maximum atomic E-state index is 13.1. The summed E-state index contributed by atoms with van der Waals surface area (Å²) in [6.07, 6.45) is 2.67. The van der Waals surface area contributed by atoms with E-state index in [0.29, 0.717) is 19.6 Å². The van der Waals surface area contributed by atoms with Crippen molar-refractivity contribution in [3.05, 3.63) is 65.2 Å². The second-order valence-corrected chi connectivity index (χ2v) is 11.0. The van der Waals surface area contributed by atoms with Crippen LogP contribution in [0.25, 0.3) is 0 Å². The van der Waals surface area contributed by atoms with E-state index >= 15 is 0 Å². The highest BCUT2D eigenvalue weighted by atomic mass is 32.2. The van der Waals surface area contributed by atoms with Crippen LogP contribution >= 0.6 is 0 Å². The van der Waals surface area contributed by atoms with Gasteiger partial charge in [-0.2, -0.15) is 0 Å². The molecule has 2 atom stereocenters. The molecule has 2 aromatic rings. The largest absolute Gasteiger partial charge is 0.598 e. The van der Waals surface area contributed by atoms with Gasteiger partial charge in [0.1, 0.15) is 17.1 Å². The van der Waals surface area contributed by atoms with Crippen molar-refractivity contribution in [3.63, 3.8) is 0 Å². The summed E-state index contributed by atoms with van der Waals surface area (Å²) >= 11 is -1.34. The predicted octanol–water partition coefficient (Wildman–Crippen LogP) is 4.80. The second kappa shape index (κ2) is 10.1. The third-order valence-electron chi connectivity index (χ3n) is 5.49. The van der Waals surface area contributed by atoms with Crippen LogP contribution in [0.1, 0.15) is 63.6 Å². The van der Waals surface area contributed by atoms with Crippen molar-refractivity contribution in [2.75, 3.05) is 6.61 Å². The molecule has 5 nitrogen and oxygen atoms in total. The third kappa shape index (κ3) is 6.03. The van der Waals surface area contributed by atoms with Crippen LogP contribution in [0.15, 0.2) is 48.5 Å². The summed E-state index contributed by atoms with van der Waals surface area (Å²) in [5, 5.41) is 0. The molecule has 1 unspecified atom stereocenters. The van der Waals surface area contributed by atoms with Gasteiger partial charge in [-0.15, -0.1) is 4.72 Å². The van der Waals surface area contributed by atoms with Gasteiger partial charge in [-0.1, -0.05) is 36.4 Å². The van der Waals surface area contributed by atoms with Gasteiger partial charge in [0.25, 0.3) is 0 Å². The van der Waals surface area contributed by atoms with Crippen molar-refractivity contribution in [2.45, 2.75) is 70.3 Å². The molecule has 3 rings (SSSR count). The number of esters is 1. The van der Waals surface area contributed by atoms with Gasteiger partial charge < -0.3 is 14.0 Å². The molecule has 31 heavy (non-hydrogen) atoms. The van der Waals surface area contributed by atoms with Crippen molar-refractivity contribution < 1.29 is 18.8 Å². The Labute approximate surface area is 188 Å². The fraction of sp³-hybridized carbons (Fsp3) is 0.480. The fourth-order valence-corrected chi connectivity index (χ4v) is 4.82. The highest BCUT2D eigenvalue weighted by Crippen LogP contribution is 2.41. The Hall–Kier alpha value is -2.02. The molecule has 2 aromatic carbocycles. The second-order valence-electron chi connectivity index (χ2n) is 8.99. The van der Waals surface area contributed by atoms with Crippen molar-refractivity contribution in [3.8, 4) is 5.75 Å². The Morgan fingerprint density at radius 1 is 1.19 bits per heavy atom. The molecule has 0 heterocycles. The Morgan fingerprint density at radius 2 is 1.94 bits per heavy atom. The van der Waals surface area contributed by atoms with Crippen LogP contribution < -0.4 is 9.46 Å². The van der Waals surface area contributed by atoms with Crippen molar-refractivity contribution in [2.24, 2.45) is 0 Å². The summed E-state index contributed by atoms with van der Waals surface area (Å²) in [4.78, 5) is 12.6. The molecule has 1 N–H and O–H groups in total. The van der Waals surface area contributed by atoms with Crippen LogP contribution in [0, 0.1) is 0 Å². The van der Waals surface area contributed by atoms with E-state index in [9.17, 15) is 9.35 Å². The minimum atomic E-state index is -1.34. The normalized spacial score (nSPS) is 19.4. The maximum Gasteiger partial charge on any atom is 0.308 e. The first kappa shape index (κ1) is 23.6. The van der Waals surface area contributed by atoms with E-state index in [4.69, 9.17) is 9.47 Å². The molecule has 0 fully saturated rings. The lowest BCUT2D eigenvalue weighted by Gasteiger charge is -2.41. The van der Waals surface area contributed by atoms with Crippen LogP contribution in [0.2, 0.25) is 0 Å². The first-order valence-electron chi connectivity index (χ1n) is 10.9. The van der Waals surface area contributed by atoms with E-state index in [0.717, 1.165) is 35.3 Å². The summed E-state index contributed by atoms with van der Waals surface area (Å²) < 4.78 is 27.3. The first-order chi connectivity index (χ1) is 14.7. The highest BCUT2D eigenvalue weighted by molar-refractivity contribution is 7.90. The van der Waals surface area contributed by atoms with Gasteiger partial charge in [0.05, 0.1) is 18.6 Å². The fourth-order valence-electron chi connectivity index (χ4n) is 3.88. The van der Waals surface area contributed by atoms with Gasteiger partial charge in [0, 0.05) is 11.4 Å². The average Bonchev–Trinajstić information content (AvgIpc) is 2.73. The number of carbonyl (C=O) groups is 1. The number of fused-ring (bicyclic) bond motifs is 1. The molecule has 0 saturated heterocycles. The van der Waals surface area contributed by atoms with E-state index in [1.807, 2.05) is 63.2 Å². The van der Waals surface area contributed by atoms with Gasteiger partial charge in [0.2, 0.25) is 0 Å². The van der Waals surface area contributed by atoms with E-state index in [1.54, 1.807) is 6.92 Å². The smallest absolute Gasteiger partial charge is 0.308 e. The molecule has 0 saturated carbocycles. The molecule has 0 amide bonds. The maximum absolute atomic E-state index is 13.1. The SMILES string of the molecule is CCOC(=O)CC1(N[S@@+]([O-])C(C)(C)C)CCCc2ccc(OCc3ccccc3)cc21. The van der Waals surface area contributed by atoms with Crippen molar-refractivity contribution in [1.82, 2.24) is 4.72 Å². The molecule has 6 heteroatoms. The molecule has 1 aliphatic carbocycles. The first-order valence-corrected chi connectivity index (χ1v) is 12.0. The van der Waals surface area contributed by atoms with Crippen LogP contribution in [0.3, 0.4) is 0 Å². The summed E-state index contributed by atoms with van der Waals surface area (Å²) in [6.45, 7) is 8.37.